The number of carbonyl (C=O) groups is 2. The molecule has 2 aromatic carbocycles. The van der Waals surface area contributed by atoms with Gasteiger partial charge in [0, 0.05) is 44.0 Å². The molecule has 6 heteroatoms. The van der Waals surface area contributed by atoms with Crippen molar-refractivity contribution in [3.8, 4) is 0 Å². The number of carboxylic acid groups (broad SMARTS) is 1. The number of nitrogens with zero attached hydrogens (tertiary/aromatic N) is 3. The third-order valence-electron chi connectivity index (χ3n) is 6.23. The number of rotatable bonds is 6. The number of amides is 2. The van der Waals surface area contributed by atoms with Gasteiger partial charge >= 0.3 is 12.0 Å². The zero-order valence-electron chi connectivity index (χ0n) is 17.5. The highest BCUT2D eigenvalue weighted by Gasteiger charge is 2.31. The first kappa shape index (κ1) is 20.4. The van der Waals surface area contributed by atoms with Crippen molar-refractivity contribution < 1.29 is 14.7 Å². The molecule has 1 fully saturated rings. The topological polar surface area (TPSA) is 64.1 Å². The van der Waals surface area contributed by atoms with Crippen molar-refractivity contribution in [1.82, 2.24) is 4.90 Å². The molecule has 0 aliphatic carbocycles. The summed E-state index contributed by atoms with van der Waals surface area (Å²) in [6.07, 6.45) is 2.71. The largest absolute Gasteiger partial charge is 0.481 e. The van der Waals surface area contributed by atoms with Gasteiger partial charge in [-0.05, 0) is 66.8 Å². The maximum Gasteiger partial charge on any atom is 0.329 e. The minimum atomic E-state index is -0.799. The summed E-state index contributed by atoms with van der Waals surface area (Å²) in [5, 5.41) is 8.83. The van der Waals surface area contributed by atoms with Gasteiger partial charge < -0.3 is 10.0 Å². The molecule has 2 aliphatic heterocycles. The number of hydrogen-bond donors (Lipinski definition) is 1. The highest BCUT2D eigenvalue weighted by molar-refractivity contribution is 6.06. The number of aliphatic carboxylic acids is 1. The second kappa shape index (κ2) is 8.88. The van der Waals surface area contributed by atoms with Gasteiger partial charge in [0.25, 0.3) is 0 Å². The lowest BCUT2D eigenvalue weighted by Gasteiger charge is -2.20. The van der Waals surface area contributed by atoms with Gasteiger partial charge in [-0.2, -0.15) is 0 Å². The number of hydrogen-bond acceptors (Lipinski definition) is 3. The molecule has 0 spiro atoms. The van der Waals surface area contributed by atoms with Crippen molar-refractivity contribution in [2.24, 2.45) is 0 Å². The van der Waals surface area contributed by atoms with E-state index in [1.54, 1.807) is 4.90 Å². The molecule has 0 aromatic heterocycles. The number of fused-ring (bicyclic) bond motifs is 1. The van der Waals surface area contributed by atoms with Gasteiger partial charge in [0.2, 0.25) is 0 Å². The molecule has 1 saturated heterocycles. The molecule has 2 heterocycles. The van der Waals surface area contributed by atoms with E-state index in [-0.39, 0.29) is 12.5 Å². The second-order valence-electron chi connectivity index (χ2n) is 8.03. The summed E-state index contributed by atoms with van der Waals surface area (Å²) >= 11 is 0. The van der Waals surface area contributed by atoms with Crippen molar-refractivity contribution in [2.75, 3.05) is 42.5 Å². The summed E-state index contributed by atoms with van der Waals surface area (Å²) in [6, 6.07) is 14.1. The number of anilines is 2. The van der Waals surface area contributed by atoms with E-state index in [4.69, 9.17) is 5.11 Å². The Kier molecular flexibility index (Phi) is 6.04. The molecule has 0 unspecified atom stereocenters. The number of urea groups is 1. The van der Waals surface area contributed by atoms with Crippen LogP contribution in [0.2, 0.25) is 0 Å². The van der Waals surface area contributed by atoms with Crippen molar-refractivity contribution >= 4 is 23.4 Å². The molecule has 2 aromatic rings. The van der Waals surface area contributed by atoms with E-state index in [1.165, 1.54) is 11.1 Å². The van der Waals surface area contributed by atoms with E-state index in [1.807, 2.05) is 29.2 Å². The standard InChI is InChI=1S/C24H29N3O3/c1-2-25-13-11-19-6-9-22(17-20(19)12-14-25)27-16-15-26(24(27)30)21-7-3-18(4-8-21)5-10-23(28)29/h3-4,6-9,17H,2,5,10-16H2,1H3,(H,28,29). The molecule has 0 saturated carbocycles. The Hall–Kier alpha value is -2.86. The molecule has 2 aliphatic rings. The Balaban J connectivity index is 1.46. The zero-order valence-corrected chi connectivity index (χ0v) is 17.5. The molecule has 158 valence electrons. The van der Waals surface area contributed by atoms with Crippen LogP contribution in [0.4, 0.5) is 16.2 Å². The Morgan fingerprint density at radius 1 is 0.900 bits per heavy atom. The molecule has 2 amide bonds. The van der Waals surface area contributed by atoms with Crippen LogP contribution in [0.15, 0.2) is 42.5 Å². The van der Waals surface area contributed by atoms with Gasteiger partial charge in [0.05, 0.1) is 0 Å². The minimum Gasteiger partial charge on any atom is -0.481 e. The Bertz CT molecular complexity index is 926. The molecule has 6 nitrogen and oxygen atoms in total. The fourth-order valence-corrected chi connectivity index (χ4v) is 4.35. The van der Waals surface area contributed by atoms with Crippen molar-refractivity contribution in [2.45, 2.75) is 32.6 Å². The predicted octanol–water partition coefficient (Wildman–Crippen LogP) is 3.57. The third kappa shape index (κ3) is 4.33. The van der Waals surface area contributed by atoms with Crippen LogP contribution in [0.5, 0.6) is 0 Å². The third-order valence-corrected chi connectivity index (χ3v) is 6.23. The van der Waals surface area contributed by atoms with E-state index in [0.717, 1.165) is 49.4 Å². The van der Waals surface area contributed by atoms with E-state index < -0.39 is 5.97 Å². The molecule has 30 heavy (non-hydrogen) atoms. The molecular weight excluding hydrogens is 378 g/mol. The number of benzene rings is 2. The Morgan fingerprint density at radius 3 is 2.20 bits per heavy atom. The molecule has 4 rings (SSSR count). The Morgan fingerprint density at radius 2 is 1.53 bits per heavy atom. The normalized spacial score (nSPS) is 17.2. The average Bonchev–Trinajstić information content (AvgIpc) is 3.01. The summed E-state index contributed by atoms with van der Waals surface area (Å²) in [7, 11) is 0. The summed E-state index contributed by atoms with van der Waals surface area (Å²) in [4.78, 5) is 30.0. The van der Waals surface area contributed by atoms with Crippen LogP contribution in [0.1, 0.15) is 30.0 Å². The van der Waals surface area contributed by atoms with Gasteiger partial charge in [-0.3, -0.25) is 14.6 Å². The number of likely N-dealkylation sites (N-methyl/N-ethyl adjacent to an activating group) is 1. The first-order valence-corrected chi connectivity index (χ1v) is 10.8. The summed E-state index contributed by atoms with van der Waals surface area (Å²) in [5.41, 5.74) is 5.56. The van der Waals surface area contributed by atoms with E-state index in [9.17, 15) is 9.59 Å². The molecule has 1 N–H and O–H groups in total. The highest BCUT2D eigenvalue weighted by Crippen LogP contribution is 2.28. The maximum atomic E-state index is 13.1. The first-order valence-electron chi connectivity index (χ1n) is 10.8. The van der Waals surface area contributed by atoms with Gasteiger partial charge in [-0.25, -0.2) is 4.79 Å². The van der Waals surface area contributed by atoms with E-state index in [0.29, 0.717) is 19.5 Å². The van der Waals surface area contributed by atoms with Crippen LogP contribution < -0.4 is 9.80 Å². The van der Waals surface area contributed by atoms with Crippen LogP contribution in [-0.4, -0.2) is 54.7 Å². The zero-order chi connectivity index (χ0) is 21.1. The summed E-state index contributed by atoms with van der Waals surface area (Å²) in [6.45, 7) is 6.77. The first-order chi connectivity index (χ1) is 14.5. The molecule has 0 bridgehead atoms. The number of carboxylic acids is 1. The van der Waals surface area contributed by atoms with Crippen LogP contribution in [-0.2, 0) is 24.1 Å². The fraction of sp³-hybridized carbons (Fsp3) is 0.417. The van der Waals surface area contributed by atoms with Gasteiger partial charge in [-0.15, -0.1) is 0 Å². The molecule has 0 radical (unpaired) electrons. The SMILES string of the molecule is CCN1CCc2ccc(N3CCN(c4ccc(CCC(=O)O)cc4)C3=O)cc2CC1. The number of carbonyl (C=O) groups excluding carboxylic acids is 1. The van der Waals surface area contributed by atoms with Crippen molar-refractivity contribution in [3.05, 3.63) is 59.2 Å². The molecular formula is C24H29N3O3. The fourth-order valence-electron chi connectivity index (χ4n) is 4.35. The van der Waals surface area contributed by atoms with E-state index in [2.05, 4.69) is 30.0 Å². The van der Waals surface area contributed by atoms with Crippen molar-refractivity contribution in [1.29, 1.82) is 0 Å². The quantitative estimate of drug-likeness (QED) is 0.795. The lowest BCUT2D eigenvalue weighted by Crippen LogP contribution is -2.31. The maximum absolute atomic E-state index is 13.1. The highest BCUT2D eigenvalue weighted by atomic mass is 16.4. The van der Waals surface area contributed by atoms with Crippen LogP contribution in [0.3, 0.4) is 0 Å². The van der Waals surface area contributed by atoms with Gasteiger partial charge in [0.15, 0.2) is 0 Å². The van der Waals surface area contributed by atoms with Crippen molar-refractivity contribution in [3.63, 3.8) is 0 Å². The van der Waals surface area contributed by atoms with Crippen LogP contribution in [0.25, 0.3) is 0 Å². The van der Waals surface area contributed by atoms with Gasteiger partial charge in [0.1, 0.15) is 0 Å². The summed E-state index contributed by atoms with van der Waals surface area (Å²) in [5.74, 6) is -0.799. The second-order valence-corrected chi connectivity index (χ2v) is 8.03. The average molecular weight is 408 g/mol. The Labute approximate surface area is 177 Å². The monoisotopic (exact) mass is 407 g/mol. The lowest BCUT2D eigenvalue weighted by atomic mass is 10.0. The van der Waals surface area contributed by atoms with Crippen LogP contribution in [0, 0.1) is 0 Å². The predicted molar refractivity (Wildman–Crippen MR) is 118 cm³/mol. The number of aryl methyl sites for hydroxylation is 1. The summed E-state index contributed by atoms with van der Waals surface area (Å²) < 4.78 is 0. The lowest BCUT2D eigenvalue weighted by molar-refractivity contribution is -0.136. The molecule has 0 atom stereocenters. The minimum absolute atomic E-state index is 0.00274. The van der Waals surface area contributed by atoms with Crippen LogP contribution >= 0.6 is 0 Å². The van der Waals surface area contributed by atoms with Gasteiger partial charge in [-0.1, -0.05) is 25.1 Å². The van der Waals surface area contributed by atoms with E-state index >= 15 is 0 Å². The smallest absolute Gasteiger partial charge is 0.329 e.